The van der Waals surface area contributed by atoms with Crippen LogP contribution < -0.4 is 4.72 Å². The zero-order valence-corrected chi connectivity index (χ0v) is 13.9. The molecule has 0 bridgehead atoms. The molecule has 19 heavy (non-hydrogen) atoms. The smallest absolute Gasteiger partial charge is 0.265 e. The normalized spacial score (nSPS) is 11.3. The zero-order valence-electron chi connectivity index (χ0n) is 9.14. The summed E-state index contributed by atoms with van der Waals surface area (Å²) < 4.78 is 28.0. The molecule has 2 rings (SSSR count). The second-order valence-electron chi connectivity index (χ2n) is 3.42. The Balaban J connectivity index is 2.36. The van der Waals surface area contributed by atoms with E-state index in [4.69, 9.17) is 11.6 Å². The van der Waals surface area contributed by atoms with Crippen LogP contribution in [-0.4, -0.2) is 18.4 Å². The lowest BCUT2D eigenvalue weighted by molar-refractivity contribution is 0.600. The van der Waals surface area contributed by atoms with E-state index >= 15 is 0 Å². The number of benzene rings is 1. The van der Waals surface area contributed by atoms with Gasteiger partial charge in [0.05, 0.1) is 18.1 Å². The van der Waals surface area contributed by atoms with E-state index < -0.39 is 10.0 Å². The van der Waals surface area contributed by atoms with E-state index in [-0.39, 0.29) is 10.2 Å². The first-order valence-electron chi connectivity index (χ1n) is 4.84. The first-order valence-corrected chi connectivity index (χ1v) is 8.28. The van der Waals surface area contributed by atoms with Crippen molar-refractivity contribution in [1.82, 2.24) is 9.97 Å². The van der Waals surface area contributed by atoms with Crippen molar-refractivity contribution in [2.24, 2.45) is 0 Å². The summed E-state index contributed by atoms with van der Waals surface area (Å²) in [7, 11) is -3.75. The van der Waals surface area contributed by atoms with Gasteiger partial charge in [-0.2, -0.15) is 0 Å². The fraction of sp³-hybridized carbons (Fsp3) is 0. The average Bonchev–Trinajstić information content (AvgIpc) is 2.34. The molecule has 0 aliphatic carbocycles. The molecule has 0 spiro atoms. The number of aromatic nitrogens is 2. The van der Waals surface area contributed by atoms with Gasteiger partial charge in [-0.15, -0.1) is 0 Å². The molecule has 1 heterocycles. The van der Waals surface area contributed by atoms with Crippen molar-refractivity contribution in [1.29, 1.82) is 0 Å². The van der Waals surface area contributed by atoms with Gasteiger partial charge < -0.3 is 0 Å². The van der Waals surface area contributed by atoms with Crippen LogP contribution in [0.3, 0.4) is 0 Å². The van der Waals surface area contributed by atoms with Crippen LogP contribution in [0.25, 0.3) is 0 Å². The number of nitrogens with zero attached hydrogens (tertiary/aromatic N) is 2. The molecule has 5 nitrogen and oxygen atoms in total. The van der Waals surface area contributed by atoms with Gasteiger partial charge in [-0.3, -0.25) is 4.72 Å². The molecule has 1 aromatic carbocycles. The molecule has 9 heteroatoms. The number of sulfonamides is 1. The SMILES string of the molecule is O=S(=O)(Nc1cc(Br)ccc1Br)c1cnc(Cl)nc1. The summed E-state index contributed by atoms with van der Waals surface area (Å²) in [6.07, 6.45) is 2.28. The minimum atomic E-state index is -3.75. The van der Waals surface area contributed by atoms with Crippen molar-refractivity contribution < 1.29 is 8.42 Å². The van der Waals surface area contributed by atoms with Crippen molar-refractivity contribution in [3.05, 3.63) is 44.8 Å². The first-order chi connectivity index (χ1) is 8.88. The van der Waals surface area contributed by atoms with Crippen LogP contribution >= 0.6 is 43.5 Å². The molecule has 0 fully saturated rings. The zero-order chi connectivity index (χ0) is 14.0. The lowest BCUT2D eigenvalue weighted by atomic mass is 10.3. The quantitative estimate of drug-likeness (QED) is 0.762. The fourth-order valence-electron chi connectivity index (χ4n) is 1.22. The molecule has 0 amide bonds. The summed E-state index contributed by atoms with van der Waals surface area (Å²) in [6.45, 7) is 0. The highest BCUT2D eigenvalue weighted by atomic mass is 79.9. The molecule has 0 atom stereocenters. The highest BCUT2D eigenvalue weighted by Gasteiger charge is 2.16. The summed E-state index contributed by atoms with van der Waals surface area (Å²) in [5.41, 5.74) is 0.407. The summed E-state index contributed by atoms with van der Waals surface area (Å²) in [6, 6.07) is 5.14. The Bertz CT molecular complexity index is 707. The fourth-order valence-corrected chi connectivity index (χ4v) is 3.11. The van der Waals surface area contributed by atoms with Gasteiger partial charge in [0.1, 0.15) is 4.90 Å². The standard InChI is InChI=1S/C10H6Br2ClN3O2S/c11-6-1-2-8(12)9(3-6)16-19(17,18)7-4-14-10(13)15-5-7/h1-5,16H. The third-order valence-electron chi connectivity index (χ3n) is 2.08. The number of anilines is 1. The van der Waals surface area contributed by atoms with E-state index in [1.165, 1.54) is 0 Å². The van der Waals surface area contributed by atoms with Crippen molar-refractivity contribution >= 4 is 59.2 Å². The molecule has 100 valence electrons. The first kappa shape index (κ1) is 14.7. The van der Waals surface area contributed by atoms with Gasteiger partial charge in [0.15, 0.2) is 0 Å². The molecule has 0 unspecified atom stereocenters. The van der Waals surface area contributed by atoms with E-state index in [1.54, 1.807) is 18.2 Å². The van der Waals surface area contributed by atoms with Crippen molar-refractivity contribution in [3.63, 3.8) is 0 Å². The van der Waals surface area contributed by atoms with Crippen LogP contribution in [-0.2, 0) is 10.0 Å². The molecule has 0 radical (unpaired) electrons. The third-order valence-corrected chi connectivity index (χ3v) is 4.78. The maximum absolute atomic E-state index is 12.1. The number of hydrogen-bond acceptors (Lipinski definition) is 4. The molecule has 1 N–H and O–H groups in total. The Morgan fingerprint density at radius 2 is 1.79 bits per heavy atom. The van der Waals surface area contributed by atoms with Gasteiger partial charge in [0, 0.05) is 8.95 Å². The highest BCUT2D eigenvalue weighted by Crippen LogP contribution is 2.28. The van der Waals surface area contributed by atoms with Gasteiger partial charge in [-0.1, -0.05) is 15.9 Å². The minimum absolute atomic E-state index is 0.0115. The molecule has 0 aliphatic rings. The van der Waals surface area contributed by atoms with Gasteiger partial charge in [0.25, 0.3) is 10.0 Å². The van der Waals surface area contributed by atoms with Gasteiger partial charge in [-0.05, 0) is 45.7 Å². The van der Waals surface area contributed by atoms with Gasteiger partial charge in [0.2, 0.25) is 5.28 Å². The van der Waals surface area contributed by atoms with E-state index in [1.807, 2.05) is 0 Å². The number of nitrogens with one attached hydrogen (secondary N) is 1. The molecule has 0 aliphatic heterocycles. The molecule has 1 aromatic heterocycles. The summed E-state index contributed by atoms with van der Waals surface area (Å²) >= 11 is 12.1. The van der Waals surface area contributed by atoms with Crippen LogP contribution in [0.5, 0.6) is 0 Å². The summed E-state index contributed by atoms with van der Waals surface area (Å²) in [5.74, 6) is 0. The van der Waals surface area contributed by atoms with Crippen LogP contribution in [0, 0.1) is 0 Å². The monoisotopic (exact) mass is 425 g/mol. The molecule has 0 saturated heterocycles. The van der Waals surface area contributed by atoms with E-state index in [0.29, 0.717) is 10.2 Å². The lowest BCUT2D eigenvalue weighted by Crippen LogP contribution is -2.14. The van der Waals surface area contributed by atoms with Crippen molar-refractivity contribution in [2.75, 3.05) is 4.72 Å². The Morgan fingerprint density at radius 1 is 1.16 bits per heavy atom. The minimum Gasteiger partial charge on any atom is -0.278 e. The van der Waals surface area contributed by atoms with Crippen molar-refractivity contribution in [3.8, 4) is 0 Å². The number of hydrogen-bond donors (Lipinski definition) is 1. The predicted octanol–water partition coefficient (Wildman–Crippen LogP) is 3.46. The highest BCUT2D eigenvalue weighted by molar-refractivity contribution is 9.11. The third kappa shape index (κ3) is 3.65. The number of halogens is 3. The molecule has 2 aromatic rings. The largest absolute Gasteiger partial charge is 0.278 e. The predicted molar refractivity (Wildman–Crippen MR) is 79.7 cm³/mol. The van der Waals surface area contributed by atoms with E-state index in [2.05, 4.69) is 46.5 Å². The van der Waals surface area contributed by atoms with E-state index in [9.17, 15) is 8.42 Å². The van der Waals surface area contributed by atoms with Crippen LogP contribution in [0.15, 0.2) is 44.4 Å². The molecule has 0 saturated carbocycles. The number of rotatable bonds is 3. The van der Waals surface area contributed by atoms with Crippen LogP contribution in [0.2, 0.25) is 5.28 Å². The van der Waals surface area contributed by atoms with Crippen molar-refractivity contribution in [2.45, 2.75) is 4.90 Å². The Labute approximate surface area is 131 Å². The Kier molecular flexibility index (Phi) is 4.44. The van der Waals surface area contributed by atoms with Crippen LogP contribution in [0.4, 0.5) is 5.69 Å². The topological polar surface area (TPSA) is 72.0 Å². The van der Waals surface area contributed by atoms with Gasteiger partial charge in [-0.25, -0.2) is 18.4 Å². The summed E-state index contributed by atoms with van der Waals surface area (Å²) in [5, 5.41) is -0.0115. The Hall–Kier alpha value is -0.700. The summed E-state index contributed by atoms with van der Waals surface area (Å²) in [4.78, 5) is 7.22. The second-order valence-corrected chi connectivity index (χ2v) is 7.21. The van der Waals surface area contributed by atoms with Crippen LogP contribution in [0.1, 0.15) is 0 Å². The van der Waals surface area contributed by atoms with Gasteiger partial charge >= 0.3 is 0 Å². The van der Waals surface area contributed by atoms with E-state index in [0.717, 1.165) is 16.9 Å². The maximum Gasteiger partial charge on any atom is 0.265 e. The second kappa shape index (κ2) is 5.74. The maximum atomic E-state index is 12.1. The lowest BCUT2D eigenvalue weighted by Gasteiger charge is -2.09. The molecular formula is C10H6Br2ClN3O2S. The molecular weight excluding hydrogens is 421 g/mol. The average molecular weight is 428 g/mol. The Morgan fingerprint density at radius 3 is 2.42 bits per heavy atom.